The van der Waals surface area contributed by atoms with Crippen LogP contribution in [0.5, 0.6) is 0 Å². The van der Waals surface area contributed by atoms with E-state index in [0.717, 1.165) is 0 Å². The molecule has 0 fully saturated rings. The van der Waals surface area contributed by atoms with E-state index in [2.05, 4.69) is 9.46 Å². The maximum atomic E-state index is 12.6. The molecule has 0 aliphatic rings. The fourth-order valence-electron chi connectivity index (χ4n) is 2.50. The Kier molecular flexibility index (Phi) is 8.40. The van der Waals surface area contributed by atoms with Gasteiger partial charge in [-0.1, -0.05) is 34.1 Å². The second-order valence-corrected chi connectivity index (χ2v) is 9.72. The highest BCUT2D eigenvalue weighted by atomic mass is 32.2. The zero-order chi connectivity index (χ0) is 20.8. The van der Waals surface area contributed by atoms with E-state index in [0.29, 0.717) is 19.5 Å². The van der Waals surface area contributed by atoms with Gasteiger partial charge < -0.3 is 4.74 Å². The van der Waals surface area contributed by atoms with Gasteiger partial charge in [0.1, 0.15) is 6.04 Å². The highest BCUT2D eigenvalue weighted by Gasteiger charge is 2.31. The van der Waals surface area contributed by atoms with Crippen molar-refractivity contribution in [1.29, 1.82) is 0 Å². The molecule has 1 aromatic rings. The molecule has 0 aliphatic heterocycles. The van der Waals surface area contributed by atoms with Crippen LogP contribution in [-0.2, 0) is 29.6 Å². The van der Waals surface area contributed by atoms with Crippen molar-refractivity contribution in [2.24, 2.45) is 5.92 Å². The molecule has 0 aromatic heterocycles. The largest absolute Gasteiger partial charge is 0.468 e. The third kappa shape index (κ3) is 5.50. The monoisotopic (exact) mass is 420 g/mol. The number of ether oxygens (including phenoxy) is 1. The Bertz CT molecular complexity index is 831. The molecule has 10 heteroatoms. The number of carbonyl (C=O) groups excluding carboxylic acids is 1. The summed E-state index contributed by atoms with van der Waals surface area (Å²) in [6, 6.07) is 3.90. The Morgan fingerprint density at radius 2 is 1.52 bits per heavy atom. The summed E-state index contributed by atoms with van der Waals surface area (Å²) in [6.07, 6.45) is 0.573. The van der Waals surface area contributed by atoms with E-state index >= 15 is 0 Å². The summed E-state index contributed by atoms with van der Waals surface area (Å²) in [5, 5.41) is 0. The lowest BCUT2D eigenvalue weighted by Gasteiger charge is -2.22. The van der Waals surface area contributed by atoms with Crippen molar-refractivity contribution in [2.45, 2.75) is 49.9 Å². The lowest BCUT2D eigenvalue weighted by molar-refractivity contribution is -0.143. The molecule has 1 rings (SSSR count). The van der Waals surface area contributed by atoms with Gasteiger partial charge in [-0.3, -0.25) is 4.79 Å². The smallest absolute Gasteiger partial charge is 0.324 e. The Labute approximate surface area is 162 Å². The van der Waals surface area contributed by atoms with Gasteiger partial charge in [0.25, 0.3) is 0 Å². The molecule has 0 unspecified atom stereocenters. The van der Waals surface area contributed by atoms with Gasteiger partial charge in [-0.25, -0.2) is 16.8 Å². The standard InChI is InChI=1S/C17H28N2O6S2/c1-6-13(4)16(17(20)25-5)18-26(21,22)14-9-11-15(12-10-14)27(23,24)19(7-2)8-3/h9-13,16,18H,6-8H2,1-5H3/t13-,16+/m0/s1. The van der Waals surface area contributed by atoms with Crippen LogP contribution in [0.15, 0.2) is 34.1 Å². The van der Waals surface area contributed by atoms with Crippen LogP contribution in [0.25, 0.3) is 0 Å². The minimum absolute atomic E-state index is 0.0107. The number of esters is 1. The fourth-order valence-corrected chi connectivity index (χ4v) is 5.25. The van der Waals surface area contributed by atoms with Crippen LogP contribution in [-0.4, -0.2) is 53.4 Å². The second-order valence-electron chi connectivity index (χ2n) is 6.07. The van der Waals surface area contributed by atoms with Gasteiger partial charge in [0.05, 0.1) is 16.9 Å². The number of nitrogens with one attached hydrogen (secondary N) is 1. The molecule has 8 nitrogen and oxygen atoms in total. The lowest BCUT2D eigenvalue weighted by Crippen LogP contribution is -2.45. The quantitative estimate of drug-likeness (QED) is 0.576. The van der Waals surface area contributed by atoms with Crippen molar-refractivity contribution in [3.05, 3.63) is 24.3 Å². The van der Waals surface area contributed by atoms with Crippen molar-refractivity contribution < 1.29 is 26.4 Å². The summed E-state index contributed by atoms with van der Waals surface area (Å²) in [5.74, 6) is -0.941. The average molecular weight is 421 g/mol. The fraction of sp³-hybridized carbons (Fsp3) is 0.588. The van der Waals surface area contributed by atoms with E-state index in [-0.39, 0.29) is 15.7 Å². The first-order valence-corrected chi connectivity index (χ1v) is 11.7. The zero-order valence-corrected chi connectivity index (χ0v) is 17.9. The van der Waals surface area contributed by atoms with Crippen LogP contribution in [0.3, 0.4) is 0 Å². The number of nitrogens with zero attached hydrogens (tertiary/aromatic N) is 1. The van der Waals surface area contributed by atoms with Crippen molar-refractivity contribution in [3.8, 4) is 0 Å². The summed E-state index contributed by atoms with van der Waals surface area (Å²) in [7, 11) is -6.51. The SMILES string of the molecule is CC[C@H](C)[C@@H](NS(=O)(=O)c1ccc(S(=O)(=O)N(CC)CC)cc1)C(=O)OC. The molecular formula is C17H28N2O6S2. The van der Waals surface area contributed by atoms with Crippen LogP contribution >= 0.6 is 0 Å². The van der Waals surface area contributed by atoms with E-state index in [1.807, 2.05) is 6.92 Å². The Morgan fingerprint density at radius 3 is 1.93 bits per heavy atom. The molecule has 2 atom stereocenters. The van der Waals surface area contributed by atoms with Gasteiger partial charge in [0.2, 0.25) is 20.0 Å². The van der Waals surface area contributed by atoms with Crippen LogP contribution < -0.4 is 4.72 Å². The van der Waals surface area contributed by atoms with Crippen molar-refractivity contribution in [1.82, 2.24) is 9.03 Å². The van der Waals surface area contributed by atoms with Crippen molar-refractivity contribution >= 4 is 26.0 Å². The maximum absolute atomic E-state index is 12.6. The second kappa shape index (κ2) is 9.63. The topological polar surface area (TPSA) is 110 Å². The van der Waals surface area contributed by atoms with E-state index < -0.39 is 32.1 Å². The summed E-state index contributed by atoms with van der Waals surface area (Å²) < 4.78 is 58.5. The van der Waals surface area contributed by atoms with Crippen LogP contribution in [0.4, 0.5) is 0 Å². The number of rotatable bonds is 10. The van der Waals surface area contributed by atoms with Gasteiger partial charge in [-0.2, -0.15) is 9.03 Å². The van der Waals surface area contributed by atoms with E-state index in [1.165, 1.54) is 35.7 Å². The summed E-state index contributed by atoms with van der Waals surface area (Å²) in [5.41, 5.74) is 0. The van der Waals surface area contributed by atoms with Crippen molar-refractivity contribution in [2.75, 3.05) is 20.2 Å². The number of benzene rings is 1. The highest BCUT2D eigenvalue weighted by molar-refractivity contribution is 7.89. The molecule has 1 aromatic carbocycles. The molecule has 0 bridgehead atoms. The third-order valence-electron chi connectivity index (χ3n) is 4.43. The minimum atomic E-state index is -4.02. The number of sulfonamides is 2. The van der Waals surface area contributed by atoms with E-state index in [4.69, 9.17) is 0 Å². The van der Waals surface area contributed by atoms with Gasteiger partial charge in [0.15, 0.2) is 0 Å². The Balaban J connectivity index is 3.17. The predicted molar refractivity (Wildman–Crippen MR) is 102 cm³/mol. The van der Waals surface area contributed by atoms with E-state index in [1.54, 1.807) is 20.8 Å². The molecule has 1 N–H and O–H groups in total. The Morgan fingerprint density at radius 1 is 1.04 bits per heavy atom. The van der Waals surface area contributed by atoms with Crippen LogP contribution in [0, 0.1) is 5.92 Å². The molecule has 0 aliphatic carbocycles. The number of hydrogen-bond acceptors (Lipinski definition) is 6. The number of methoxy groups -OCH3 is 1. The number of hydrogen-bond donors (Lipinski definition) is 1. The van der Waals surface area contributed by atoms with Gasteiger partial charge in [-0.15, -0.1) is 0 Å². The molecule has 27 heavy (non-hydrogen) atoms. The summed E-state index contributed by atoms with van der Waals surface area (Å²) >= 11 is 0. The normalized spacial score (nSPS) is 14.7. The number of carbonyl (C=O) groups is 1. The molecule has 0 saturated carbocycles. The molecule has 0 saturated heterocycles. The lowest BCUT2D eigenvalue weighted by atomic mass is 10.0. The molecule has 0 amide bonds. The summed E-state index contributed by atoms with van der Waals surface area (Å²) in [4.78, 5) is 11.8. The molecule has 0 heterocycles. The molecule has 154 valence electrons. The first-order chi connectivity index (χ1) is 12.5. The van der Waals surface area contributed by atoms with Crippen LogP contribution in [0.2, 0.25) is 0 Å². The maximum Gasteiger partial charge on any atom is 0.324 e. The van der Waals surface area contributed by atoms with Crippen molar-refractivity contribution in [3.63, 3.8) is 0 Å². The van der Waals surface area contributed by atoms with Gasteiger partial charge in [-0.05, 0) is 30.2 Å². The predicted octanol–water partition coefficient (Wildman–Crippen LogP) is 1.58. The third-order valence-corrected chi connectivity index (χ3v) is 7.95. The molecule has 0 radical (unpaired) electrons. The first kappa shape index (κ1) is 23.5. The van der Waals surface area contributed by atoms with E-state index in [9.17, 15) is 21.6 Å². The minimum Gasteiger partial charge on any atom is -0.468 e. The first-order valence-electron chi connectivity index (χ1n) is 8.75. The summed E-state index contributed by atoms with van der Waals surface area (Å²) in [6.45, 7) is 7.66. The van der Waals surface area contributed by atoms with Gasteiger partial charge in [0, 0.05) is 13.1 Å². The molecule has 0 spiro atoms. The zero-order valence-electron chi connectivity index (χ0n) is 16.3. The Hall–Kier alpha value is -1.49. The highest BCUT2D eigenvalue weighted by Crippen LogP contribution is 2.20. The van der Waals surface area contributed by atoms with Gasteiger partial charge >= 0.3 is 5.97 Å². The average Bonchev–Trinajstić information content (AvgIpc) is 2.65. The molecular weight excluding hydrogens is 392 g/mol. The van der Waals surface area contributed by atoms with Crippen LogP contribution in [0.1, 0.15) is 34.1 Å².